The Bertz CT molecular complexity index is 1300. The van der Waals surface area contributed by atoms with E-state index in [1.165, 1.54) is 0 Å². The summed E-state index contributed by atoms with van der Waals surface area (Å²) in [4.78, 5) is 13.0. The summed E-state index contributed by atoms with van der Waals surface area (Å²) in [6, 6.07) is 11.6. The van der Waals surface area contributed by atoms with Gasteiger partial charge in [-0.15, -0.1) is 0 Å². The van der Waals surface area contributed by atoms with Gasteiger partial charge in [0.1, 0.15) is 0 Å². The SMILES string of the molecule is CC[C@@H]1C[C@H](N(Cc2cc(C(F)(F)F)cc(C(F)(F)F)c2)c2ncc(N3CCOCC3)cn2)C[C@H](Cc2ccccc2)N1. The summed E-state index contributed by atoms with van der Waals surface area (Å²) in [5.41, 5.74) is -0.849. The van der Waals surface area contributed by atoms with E-state index in [-0.39, 0.29) is 42.2 Å². The van der Waals surface area contributed by atoms with E-state index in [1.54, 1.807) is 17.3 Å². The Kier molecular flexibility index (Phi) is 9.45. The number of hydrogen-bond donors (Lipinski definition) is 1. The molecular weight excluding hydrogens is 572 g/mol. The quantitative estimate of drug-likeness (QED) is 0.295. The van der Waals surface area contributed by atoms with Gasteiger partial charge in [-0.05, 0) is 55.0 Å². The van der Waals surface area contributed by atoms with Gasteiger partial charge in [0, 0.05) is 37.8 Å². The maximum absolute atomic E-state index is 13.7. The lowest BCUT2D eigenvalue weighted by Gasteiger charge is -2.42. The molecule has 2 fully saturated rings. The van der Waals surface area contributed by atoms with E-state index in [0.717, 1.165) is 36.2 Å². The summed E-state index contributed by atoms with van der Waals surface area (Å²) in [5.74, 6) is 0.267. The number of benzene rings is 2. The molecule has 2 aliphatic rings. The molecule has 232 valence electrons. The number of aromatic nitrogens is 2. The third-order valence-electron chi connectivity index (χ3n) is 8.10. The van der Waals surface area contributed by atoms with Gasteiger partial charge in [-0.1, -0.05) is 37.3 Å². The van der Waals surface area contributed by atoms with Gasteiger partial charge >= 0.3 is 12.4 Å². The predicted octanol–water partition coefficient (Wildman–Crippen LogP) is 6.50. The Morgan fingerprint density at radius 2 is 1.47 bits per heavy atom. The van der Waals surface area contributed by atoms with Crippen LogP contribution in [0, 0.1) is 0 Å². The Morgan fingerprint density at radius 1 is 0.860 bits per heavy atom. The minimum atomic E-state index is -4.93. The highest BCUT2D eigenvalue weighted by Crippen LogP contribution is 2.37. The lowest BCUT2D eigenvalue weighted by atomic mass is 9.88. The first-order chi connectivity index (χ1) is 20.5. The van der Waals surface area contributed by atoms with Crippen molar-refractivity contribution in [2.45, 2.75) is 69.6 Å². The zero-order chi connectivity index (χ0) is 30.6. The fraction of sp³-hybridized carbons (Fsp3) is 0.484. The van der Waals surface area contributed by atoms with E-state index in [0.29, 0.717) is 39.1 Å². The maximum Gasteiger partial charge on any atom is 0.416 e. The first-order valence-corrected chi connectivity index (χ1v) is 14.5. The van der Waals surface area contributed by atoms with Crippen LogP contribution in [-0.4, -0.2) is 54.4 Å². The number of rotatable bonds is 8. The van der Waals surface area contributed by atoms with Crippen molar-refractivity contribution >= 4 is 11.6 Å². The van der Waals surface area contributed by atoms with Gasteiger partial charge in [-0.2, -0.15) is 26.3 Å². The number of nitrogens with one attached hydrogen (secondary N) is 1. The molecule has 0 spiro atoms. The molecule has 0 aliphatic carbocycles. The molecule has 2 aromatic carbocycles. The molecule has 0 saturated carbocycles. The van der Waals surface area contributed by atoms with E-state index in [1.807, 2.05) is 30.3 Å². The van der Waals surface area contributed by atoms with Crippen molar-refractivity contribution in [1.29, 1.82) is 0 Å². The highest BCUT2D eigenvalue weighted by atomic mass is 19.4. The molecule has 5 rings (SSSR count). The van der Waals surface area contributed by atoms with Gasteiger partial charge in [0.05, 0.1) is 42.4 Å². The van der Waals surface area contributed by atoms with Crippen molar-refractivity contribution in [3.8, 4) is 0 Å². The average molecular weight is 608 g/mol. The van der Waals surface area contributed by atoms with Crippen LogP contribution in [0.15, 0.2) is 60.9 Å². The second kappa shape index (κ2) is 13.1. The van der Waals surface area contributed by atoms with E-state index < -0.39 is 23.5 Å². The Hall–Kier alpha value is -3.38. The van der Waals surface area contributed by atoms with E-state index in [9.17, 15) is 26.3 Å². The smallest absolute Gasteiger partial charge is 0.378 e. The Balaban J connectivity index is 1.50. The topological polar surface area (TPSA) is 53.5 Å². The van der Waals surface area contributed by atoms with Crippen LogP contribution < -0.4 is 15.1 Å². The molecule has 3 aromatic rings. The molecule has 0 unspecified atom stereocenters. The zero-order valence-electron chi connectivity index (χ0n) is 23.8. The minimum Gasteiger partial charge on any atom is -0.378 e. The standard InChI is InChI=1S/C31H35F6N5O/c1-2-25-16-27(17-26(40-25)14-21-6-4-3-5-7-21)42(29-38-18-28(19-39-29)41-8-10-43-11-9-41)20-22-12-23(30(32,33)34)15-24(13-22)31(35,36)37/h3-7,12-13,15,18-19,25-27,40H,2,8-11,14,16-17,20H2,1H3/t25-,26+,27+/m1/s1. The molecule has 0 radical (unpaired) electrons. The molecular formula is C31H35F6N5O. The number of ether oxygens (including phenoxy) is 1. The molecule has 6 nitrogen and oxygen atoms in total. The number of alkyl halides is 6. The van der Waals surface area contributed by atoms with Crippen LogP contribution in [-0.2, 0) is 30.1 Å². The van der Waals surface area contributed by atoms with Crippen LogP contribution in [0.2, 0.25) is 0 Å². The van der Waals surface area contributed by atoms with E-state index in [2.05, 4.69) is 27.1 Å². The van der Waals surface area contributed by atoms with Gasteiger partial charge < -0.3 is 19.9 Å². The second-order valence-corrected chi connectivity index (χ2v) is 11.2. The summed E-state index contributed by atoms with van der Waals surface area (Å²) in [5, 5.41) is 3.68. The zero-order valence-corrected chi connectivity index (χ0v) is 23.8. The average Bonchev–Trinajstić information content (AvgIpc) is 3.00. The normalized spacial score (nSPS) is 21.6. The third kappa shape index (κ3) is 7.97. The third-order valence-corrected chi connectivity index (χ3v) is 8.10. The van der Waals surface area contributed by atoms with Crippen LogP contribution in [0.5, 0.6) is 0 Å². The summed E-state index contributed by atoms with van der Waals surface area (Å²) < 4.78 is 87.6. The summed E-state index contributed by atoms with van der Waals surface area (Å²) in [6.07, 6.45) is -3.73. The first kappa shape index (κ1) is 31.1. The van der Waals surface area contributed by atoms with Gasteiger partial charge in [0.15, 0.2) is 0 Å². The summed E-state index contributed by atoms with van der Waals surface area (Å²) >= 11 is 0. The molecule has 1 aromatic heterocycles. The molecule has 2 saturated heterocycles. The summed E-state index contributed by atoms with van der Waals surface area (Å²) in [6.45, 7) is 4.33. The van der Waals surface area contributed by atoms with Crippen molar-refractivity contribution in [2.24, 2.45) is 0 Å². The summed E-state index contributed by atoms with van der Waals surface area (Å²) in [7, 11) is 0. The van der Waals surface area contributed by atoms with Crippen molar-refractivity contribution < 1.29 is 31.1 Å². The van der Waals surface area contributed by atoms with Crippen molar-refractivity contribution in [3.63, 3.8) is 0 Å². The highest BCUT2D eigenvalue weighted by Gasteiger charge is 2.38. The largest absolute Gasteiger partial charge is 0.416 e. The van der Waals surface area contributed by atoms with Crippen LogP contribution in [0.4, 0.5) is 38.0 Å². The molecule has 1 N–H and O–H groups in total. The number of nitrogens with zero attached hydrogens (tertiary/aromatic N) is 4. The maximum atomic E-state index is 13.7. The number of hydrogen-bond acceptors (Lipinski definition) is 6. The lowest BCUT2D eigenvalue weighted by molar-refractivity contribution is -0.143. The van der Waals surface area contributed by atoms with Crippen molar-refractivity contribution in [2.75, 3.05) is 36.1 Å². The molecule has 2 aliphatic heterocycles. The number of piperidine rings is 1. The molecule has 3 heterocycles. The van der Waals surface area contributed by atoms with Gasteiger partial charge in [0.2, 0.25) is 5.95 Å². The van der Waals surface area contributed by atoms with Gasteiger partial charge in [-0.3, -0.25) is 0 Å². The van der Waals surface area contributed by atoms with Crippen LogP contribution in [0.1, 0.15) is 48.4 Å². The molecule has 0 bridgehead atoms. The Morgan fingerprint density at radius 3 is 2.05 bits per heavy atom. The van der Waals surface area contributed by atoms with Gasteiger partial charge in [-0.25, -0.2) is 9.97 Å². The van der Waals surface area contributed by atoms with Crippen molar-refractivity contribution in [3.05, 3.63) is 83.2 Å². The highest BCUT2D eigenvalue weighted by molar-refractivity contribution is 5.47. The monoisotopic (exact) mass is 607 g/mol. The molecule has 43 heavy (non-hydrogen) atoms. The van der Waals surface area contributed by atoms with E-state index >= 15 is 0 Å². The number of anilines is 2. The number of halogens is 6. The second-order valence-electron chi connectivity index (χ2n) is 11.2. The lowest BCUT2D eigenvalue weighted by Crippen LogP contribution is -2.53. The molecule has 12 heteroatoms. The molecule has 0 amide bonds. The fourth-order valence-electron chi connectivity index (χ4n) is 5.92. The number of morpholine rings is 1. The Labute approximate surface area is 247 Å². The van der Waals surface area contributed by atoms with Gasteiger partial charge in [0.25, 0.3) is 0 Å². The molecule has 3 atom stereocenters. The first-order valence-electron chi connectivity index (χ1n) is 14.5. The van der Waals surface area contributed by atoms with Crippen LogP contribution in [0.25, 0.3) is 0 Å². The predicted molar refractivity (Wildman–Crippen MR) is 152 cm³/mol. The van der Waals surface area contributed by atoms with E-state index in [4.69, 9.17) is 4.74 Å². The van der Waals surface area contributed by atoms with Crippen LogP contribution in [0.3, 0.4) is 0 Å². The minimum absolute atomic E-state index is 0.0495. The van der Waals surface area contributed by atoms with Crippen molar-refractivity contribution in [1.82, 2.24) is 15.3 Å². The van der Waals surface area contributed by atoms with Crippen LogP contribution >= 0.6 is 0 Å². The fourth-order valence-corrected chi connectivity index (χ4v) is 5.92.